The second-order valence-corrected chi connectivity index (χ2v) is 7.56. The summed E-state index contributed by atoms with van der Waals surface area (Å²) in [6, 6.07) is 1.20. The number of amides is 1. The Morgan fingerprint density at radius 3 is 2.62 bits per heavy atom. The predicted octanol–water partition coefficient (Wildman–Crippen LogP) is 0.305. The average molecular weight is 315 g/mol. The first-order chi connectivity index (χ1) is 9.77. The van der Waals surface area contributed by atoms with Crippen LogP contribution in [0.3, 0.4) is 0 Å². The zero-order chi connectivity index (χ0) is 15.8. The van der Waals surface area contributed by atoms with E-state index in [0.717, 1.165) is 17.1 Å². The molecule has 1 aromatic heterocycles. The molecule has 21 heavy (non-hydrogen) atoms. The van der Waals surface area contributed by atoms with Gasteiger partial charge in [-0.3, -0.25) is 4.79 Å². The standard InChI is InChI=1S/C13H21N3O4S/c1-8-10(6-12(20-8)21(18,19)16(2)3)13(17)15-11(7-14)9-4-5-9/h6,9,11H,4-5,7,14H2,1-3H3,(H,15,17). The van der Waals surface area contributed by atoms with Gasteiger partial charge in [0.1, 0.15) is 5.76 Å². The van der Waals surface area contributed by atoms with Gasteiger partial charge in [-0.1, -0.05) is 0 Å². The van der Waals surface area contributed by atoms with Crippen LogP contribution in [-0.2, 0) is 10.0 Å². The molecule has 0 aliphatic heterocycles. The summed E-state index contributed by atoms with van der Waals surface area (Å²) >= 11 is 0. The second kappa shape index (κ2) is 5.78. The highest BCUT2D eigenvalue weighted by Gasteiger charge is 2.32. The lowest BCUT2D eigenvalue weighted by Gasteiger charge is -2.15. The molecule has 0 spiro atoms. The van der Waals surface area contributed by atoms with E-state index in [1.54, 1.807) is 6.92 Å². The molecule has 0 radical (unpaired) electrons. The van der Waals surface area contributed by atoms with Gasteiger partial charge in [0.25, 0.3) is 15.9 Å². The summed E-state index contributed by atoms with van der Waals surface area (Å²) in [7, 11) is -0.874. The molecule has 7 nitrogen and oxygen atoms in total. The molecule has 8 heteroatoms. The number of aryl methyl sites for hydroxylation is 1. The molecule has 1 saturated carbocycles. The van der Waals surface area contributed by atoms with Gasteiger partial charge < -0.3 is 15.5 Å². The zero-order valence-electron chi connectivity index (χ0n) is 12.4. The minimum Gasteiger partial charge on any atom is -0.448 e. The predicted molar refractivity (Wildman–Crippen MR) is 77.4 cm³/mol. The van der Waals surface area contributed by atoms with Gasteiger partial charge >= 0.3 is 0 Å². The van der Waals surface area contributed by atoms with Gasteiger partial charge in [-0.05, 0) is 25.7 Å². The average Bonchev–Trinajstić information content (AvgIpc) is 3.17. The van der Waals surface area contributed by atoms with Crippen LogP contribution >= 0.6 is 0 Å². The van der Waals surface area contributed by atoms with Crippen LogP contribution < -0.4 is 11.1 Å². The lowest BCUT2D eigenvalue weighted by atomic mass is 10.1. The Bertz CT molecular complexity index is 632. The summed E-state index contributed by atoms with van der Waals surface area (Å²) in [5, 5.41) is 2.62. The van der Waals surface area contributed by atoms with Crippen LogP contribution in [0.15, 0.2) is 15.6 Å². The normalized spacial score (nSPS) is 17.0. The SMILES string of the molecule is Cc1oc(S(=O)(=O)N(C)C)cc1C(=O)NC(CN)C1CC1. The summed E-state index contributed by atoms with van der Waals surface area (Å²) < 4.78 is 30.3. The van der Waals surface area contributed by atoms with E-state index in [1.807, 2.05) is 0 Å². The Morgan fingerprint density at radius 2 is 2.14 bits per heavy atom. The number of nitrogens with two attached hydrogens (primary N) is 1. The molecule has 1 atom stereocenters. The molecule has 1 heterocycles. The molecule has 118 valence electrons. The van der Waals surface area contributed by atoms with Gasteiger partial charge in [0, 0.05) is 32.7 Å². The first kappa shape index (κ1) is 16.0. The van der Waals surface area contributed by atoms with Crippen molar-refractivity contribution in [1.82, 2.24) is 9.62 Å². The van der Waals surface area contributed by atoms with E-state index in [4.69, 9.17) is 10.2 Å². The van der Waals surface area contributed by atoms with Crippen LogP contribution in [0, 0.1) is 12.8 Å². The second-order valence-electron chi connectivity index (χ2n) is 5.48. The van der Waals surface area contributed by atoms with Crippen molar-refractivity contribution < 1.29 is 17.6 Å². The summed E-state index contributed by atoms with van der Waals surface area (Å²) in [6.07, 6.45) is 2.12. The highest BCUT2D eigenvalue weighted by Crippen LogP contribution is 2.32. The number of hydrogen-bond donors (Lipinski definition) is 2. The smallest absolute Gasteiger partial charge is 0.275 e. The largest absolute Gasteiger partial charge is 0.448 e. The van der Waals surface area contributed by atoms with E-state index in [2.05, 4.69) is 5.32 Å². The van der Waals surface area contributed by atoms with Crippen molar-refractivity contribution in [1.29, 1.82) is 0 Å². The molecule has 3 N–H and O–H groups in total. The highest BCUT2D eigenvalue weighted by atomic mass is 32.2. The fraction of sp³-hybridized carbons (Fsp3) is 0.615. The third-order valence-electron chi connectivity index (χ3n) is 3.64. The maximum Gasteiger partial charge on any atom is 0.275 e. The molecule has 2 rings (SSSR count). The minimum absolute atomic E-state index is 0.0688. The van der Waals surface area contributed by atoms with Crippen molar-refractivity contribution in [2.75, 3.05) is 20.6 Å². The number of carbonyl (C=O) groups excluding carboxylic acids is 1. The Morgan fingerprint density at radius 1 is 1.52 bits per heavy atom. The van der Waals surface area contributed by atoms with Crippen LogP contribution in [0.25, 0.3) is 0 Å². The zero-order valence-corrected chi connectivity index (χ0v) is 13.2. The maximum absolute atomic E-state index is 12.2. The number of rotatable bonds is 6. The van der Waals surface area contributed by atoms with E-state index < -0.39 is 10.0 Å². The quantitative estimate of drug-likeness (QED) is 0.785. The number of sulfonamides is 1. The van der Waals surface area contributed by atoms with Gasteiger partial charge in [0.05, 0.1) is 5.56 Å². The van der Waals surface area contributed by atoms with Crippen LogP contribution in [0.2, 0.25) is 0 Å². The summed E-state index contributed by atoms with van der Waals surface area (Å²) in [5.74, 6) is 0.356. The maximum atomic E-state index is 12.2. The van der Waals surface area contributed by atoms with E-state index in [9.17, 15) is 13.2 Å². The first-order valence-electron chi connectivity index (χ1n) is 6.81. The Balaban J connectivity index is 2.20. The van der Waals surface area contributed by atoms with E-state index in [1.165, 1.54) is 20.2 Å². The van der Waals surface area contributed by atoms with E-state index in [-0.39, 0.29) is 28.4 Å². The van der Waals surface area contributed by atoms with Crippen LogP contribution in [0.1, 0.15) is 29.0 Å². The fourth-order valence-corrected chi connectivity index (χ4v) is 2.96. The molecule has 0 saturated heterocycles. The molecular weight excluding hydrogens is 294 g/mol. The van der Waals surface area contributed by atoms with Crippen molar-refractivity contribution in [2.45, 2.75) is 30.9 Å². The van der Waals surface area contributed by atoms with Gasteiger partial charge in [0.15, 0.2) is 0 Å². The van der Waals surface area contributed by atoms with Crippen molar-refractivity contribution in [3.8, 4) is 0 Å². The number of hydrogen-bond acceptors (Lipinski definition) is 5. The van der Waals surface area contributed by atoms with Gasteiger partial charge in [0.2, 0.25) is 5.09 Å². The first-order valence-corrected chi connectivity index (χ1v) is 8.25. The van der Waals surface area contributed by atoms with Crippen LogP contribution in [-0.4, -0.2) is 45.3 Å². The summed E-state index contributed by atoms with van der Waals surface area (Å²) in [5.41, 5.74) is 5.88. The molecule has 0 bridgehead atoms. The van der Waals surface area contributed by atoms with Crippen molar-refractivity contribution in [2.24, 2.45) is 11.7 Å². The van der Waals surface area contributed by atoms with Gasteiger partial charge in [-0.2, -0.15) is 0 Å². The van der Waals surface area contributed by atoms with Gasteiger partial charge in [-0.25, -0.2) is 12.7 Å². The topological polar surface area (TPSA) is 106 Å². The van der Waals surface area contributed by atoms with Crippen LogP contribution in [0.4, 0.5) is 0 Å². The van der Waals surface area contributed by atoms with Crippen molar-refractivity contribution in [3.63, 3.8) is 0 Å². The molecule has 0 aromatic carbocycles. The van der Waals surface area contributed by atoms with Gasteiger partial charge in [-0.15, -0.1) is 0 Å². The Labute approximate surface area is 124 Å². The van der Waals surface area contributed by atoms with Crippen LogP contribution in [0.5, 0.6) is 0 Å². The summed E-state index contributed by atoms with van der Waals surface area (Å²) in [6.45, 7) is 1.94. The molecule has 1 amide bonds. The molecule has 1 aromatic rings. The molecule has 1 unspecified atom stereocenters. The van der Waals surface area contributed by atoms with E-state index >= 15 is 0 Å². The third kappa shape index (κ3) is 3.28. The van der Waals surface area contributed by atoms with Crippen molar-refractivity contribution >= 4 is 15.9 Å². The lowest BCUT2D eigenvalue weighted by Crippen LogP contribution is -2.41. The minimum atomic E-state index is -3.69. The number of nitrogens with zero attached hydrogens (tertiary/aromatic N) is 1. The molecular formula is C13H21N3O4S. The highest BCUT2D eigenvalue weighted by molar-refractivity contribution is 7.88. The molecule has 1 aliphatic carbocycles. The number of nitrogens with one attached hydrogen (secondary N) is 1. The third-order valence-corrected chi connectivity index (χ3v) is 5.31. The van der Waals surface area contributed by atoms with E-state index in [0.29, 0.717) is 12.5 Å². The fourth-order valence-electron chi connectivity index (χ4n) is 2.10. The molecule has 1 aliphatic rings. The summed E-state index contributed by atoms with van der Waals surface area (Å²) in [4.78, 5) is 12.2. The van der Waals surface area contributed by atoms with Crippen molar-refractivity contribution in [3.05, 3.63) is 17.4 Å². The lowest BCUT2D eigenvalue weighted by molar-refractivity contribution is 0.0932. The molecule has 1 fully saturated rings. The monoisotopic (exact) mass is 315 g/mol. The Kier molecular flexibility index (Phi) is 4.40. The number of carbonyl (C=O) groups is 1. The Hall–Kier alpha value is -1.38. The number of furan rings is 1.